The smallest absolute Gasteiger partial charge is 0.128 e. The van der Waals surface area contributed by atoms with Crippen LogP contribution in [0.2, 0.25) is 5.02 Å². The molecule has 1 aromatic rings. The van der Waals surface area contributed by atoms with E-state index in [1.165, 1.54) is 0 Å². The summed E-state index contributed by atoms with van der Waals surface area (Å²) >= 11 is 5.97. The second kappa shape index (κ2) is 3.14. The number of aliphatic hydroxyl groups excluding tert-OH is 1. The predicted molar refractivity (Wildman–Crippen MR) is 55.9 cm³/mol. The molecule has 76 valence electrons. The Morgan fingerprint density at radius 1 is 1.50 bits per heavy atom. The molecule has 0 aliphatic carbocycles. The van der Waals surface area contributed by atoms with Crippen molar-refractivity contribution in [2.75, 3.05) is 6.61 Å². The van der Waals surface area contributed by atoms with E-state index in [0.717, 1.165) is 16.9 Å². The highest BCUT2D eigenvalue weighted by atomic mass is 35.5. The van der Waals surface area contributed by atoms with Crippen LogP contribution in [-0.2, 0) is 12.0 Å². The summed E-state index contributed by atoms with van der Waals surface area (Å²) in [7, 11) is 0. The van der Waals surface area contributed by atoms with Crippen LogP contribution >= 0.6 is 11.6 Å². The molecule has 0 atom stereocenters. The molecule has 0 saturated carbocycles. The lowest BCUT2D eigenvalue weighted by atomic mass is 9.86. The summed E-state index contributed by atoms with van der Waals surface area (Å²) in [5, 5.41) is 9.82. The van der Waals surface area contributed by atoms with Gasteiger partial charge in [0.2, 0.25) is 0 Å². The maximum Gasteiger partial charge on any atom is 0.128 e. The molecule has 2 rings (SSSR count). The molecule has 1 aliphatic rings. The molecule has 0 bridgehead atoms. The van der Waals surface area contributed by atoms with E-state index in [2.05, 4.69) is 13.8 Å². The largest absolute Gasteiger partial charge is 0.492 e. The third-order valence-corrected chi connectivity index (χ3v) is 2.83. The van der Waals surface area contributed by atoms with Crippen molar-refractivity contribution in [2.24, 2.45) is 0 Å². The van der Waals surface area contributed by atoms with Gasteiger partial charge in [0.1, 0.15) is 5.75 Å². The highest BCUT2D eigenvalue weighted by Crippen LogP contribution is 2.42. The van der Waals surface area contributed by atoms with Crippen LogP contribution in [0.4, 0.5) is 0 Å². The third kappa shape index (κ3) is 1.39. The predicted octanol–water partition coefficient (Wildman–Crippen LogP) is 2.50. The molecule has 0 saturated heterocycles. The van der Waals surface area contributed by atoms with Crippen LogP contribution in [-0.4, -0.2) is 11.7 Å². The van der Waals surface area contributed by atoms with E-state index >= 15 is 0 Å². The maximum atomic E-state index is 9.16. The minimum absolute atomic E-state index is 0.00977. The molecular formula is C11H13ClO2. The van der Waals surface area contributed by atoms with E-state index in [9.17, 15) is 0 Å². The Morgan fingerprint density at radius 2 is 2.21 bits per heavy atom. The molecule has 0 aromatic heterocycles. The van der Waals surface area contributed by atoms with Gasteiger partial charge in [0.25, 0.3) is 0 Å². The zero-order valence-electron chi connectivity index (χ0n) is 8.30. The zero-order chi connectivity index (χ0) is 10.3. The lowest BCUT2D eigenvalue weighted by molar-refractivity contribution is 0.260. The number of halogens is 1. The van der Waals surface area contributed by atoms with E-state index in [4.69, 9.17) is 21.4 Å². The SMILES string of the molecule is CC1(C)COc2c(CO)cc(Cl)cc21. The number of aliphatic hydroxyl groups is 1. The van der Waals surface area contributed by atoms with Crippen LogP contribution in [0.25, 0.3) is 0 Å². The lowest BCUT2D eigenvalue weighted by Gasteiger charge is -2.15. The number of ether oxygens (including phenoxy) is 1. The van der Waals surface area contributed by atoms with Gasteiger partial charge in [0.15, 0.2) is 0 Å². The molecule has 3 heteroatoms. The van der Waals surface area contributed by atoms with E-state index in [-0.39, 0.29) is 12.0 Å². The standard InChI is InChI=1S/C11H13ClO2/c1-11(2)6-14-10-7(5-13)3-8(12)4-9(10)11/h3-4,13H,5-6H2,1-2H3. The van der Waals surface area contributed by atoms with E-state index < -0.39 is 0 Å². The maximum absolute atomic E-state index is 9.16. The second-order valence-electron chi connectivity index (χ2n) is 4.27. The normalized spacial score (nSPS) is 17.7. The highest BCUT2D eigenvalue weighted by molar-refractivity contribution is 6.30. The van der Waals surface area contributed by atoms with Crippen molar-refractivity contribution < 1.29 is 9.84 Å². The van der Waals surface area contributed by atoms with E-state index in [1.54, 1.807) is 6.07 Å². The Morgan fingerprint density at radius 3 is 2.86 bits per heavy atom. The van der Waals surface area contributed by atoms with E-state index in [1.807, 2.05) is 6.07 Å². The number of benzene rings is 1. The first-order valence-electron chi connectivity index (χ1n) is 4.61. The molecule has 0 unspecified atom stereocenters. The fourth-order valence-electron chi connectivity index (χ4n) is 1.77. The summed E-state index contributed by atoms with van der Waals surface area (Å²) in [6.45, 7) is 4.83. The van der Waals surface area contributed by atoms with Crippen molar-refractivity contribution in [1.29, 1.82) is 0 Å². The van der Waals surface area contributed by atoms with Gasteiger partial charge >= 0.3 is 0 Å². The fraction of sp³-hybridized carbons (Fsp3) is 0.455. The Kier molecular flexibility index (Phi) is 2.20. The molecule has 1 aromatic carbocycles. The molecule has 0 fully saturated rings. The Hall–Kier alpha value is -0.730. The van der Waals surface area contributed by atoms with Crippen molar-refractivity contribution in [3.8, 4) is 5.75 Å². The summed E-state index contributed by atoms with van der Waals surface area (Å²) in [6, 6.07) is 3.67. The van der Waals surface area contributed by atoms with Crippen molar-refractivity contribution in [3.05, 3.63) is 28.3 Å². The summed E-state index contributed by atoms with van der Waals surface area (Å²) in [4.78, 5) is 0. The summed E-state index contributed by atoms with van der Waals surface area (Å²) < 4.78 is 5.57. The minimum Gasteiger partial charge on any atom is -0.492 e. The van der Waals surface area contributed by atoms with Crippen LogP contribution in [0.15, 0.2) is 12.1 Å². The molecule has 0 spiro atoms. The van der Waals surface area contributed by atoms with Gasteiger partial charge < -0.3 is 9.84 Å². The van der Waals surface area contributed by atoms with Crippen LogP contribution < -0.4 is 4.74 Å². The van der Waals surface area contributed by atoms with Gasteiger partial charge in [-0.05, 0) is 12.1 Å². The Labute approximate surface area is 88.5 Å². The number of hydrogen-bond acceptors (Lipinski definition) is 2. The van der Waals surface area contributed by atoms with Gasteiger partial charge in [-0.25, -0.2) is 0 Å². The lowest BCUT2D eigenvalue weighted by Crippen LogP contribution is -2.18. The van der Waals surface area contributed by atoms with Gasteiger partial charge in [-0.2, -0.15) is 0 Å². The van der Waals surface area contributed by atoms with Crippen molar-refractivity contribution >= 4 is 11.6 Å². The molecule has 0 radical (unpaired) electrons. The number of fused-ring (bicyclic) bond motifs is 1. The topological polar surface area (TPSA) is 29.5 Å². The van der Waals surface area contributed by atoms with Gasteiger partial charge in [0.05, 0.1) is 13.2 Å². The van der Waals surface area contributed by atoms with Crippen LogP contribution in [0.3, 0.4) is 0 Å². The number of rotatable bonds is 1. The van der Waals surface area contributed by atoms with E-state index in [0.29, 0.717) is 11.6 Å². The summed E-state index contributed by atoms with van der Waals surface area (Å²) in [5.74, 6) is 0.807. The van der Waals surface area contributed by atoms with Crippen molar-refractivity contribution in [2.45, 2.75) is 25.9 Å². The molecule has 1 N–H and O–H groups in total. The first kappa shape index (κ1) is 9.81. The first-order valence-corrected chi connectivity index (χ1v) is 4.99. The minimum atomic E-state index is -0.0288. The zero-order valence-corrected chi connectivity index (χ0v) is 9.06. The third-order valence-electron chi connectivity index (χ3n) is 2.61. The fourth-order valence-corrected chi connectivity index (χ4v) is 2.01. The van der Waals surface area contributed by atoms with Gasteiger partial charge in [-0.3, -0.25) is 0 Å². The van der Waals surface area contributed by atoms with Gasteiger partial charge in [-0.15, -0.1) is 0 Å². The number of hydrogen-bond donors (Lipinski definition) is 1. The Balaban J connectivity index is 2.62. The quantitative estimate of drug-likeness (QED) is 0.775. The summed E-state index contributed by atoms with van der Waals surface area (Å²) in [6.07, 6.45) is 0. The van der Waals surface area contributed by atoms with Crippen molar-refractivity contribution in [1.82, 2.24) is 0 Å². The van der Waals surface area contributed by atoms with Crippen LogP contribution in [0.1, 0.15) is 25.0 Å². The average Bonchev–Trinajstić information content (AvgIpc) is 2.42. The van der Waals surface area contributed by atoms with Crippen LogP contribution in [0, 0.1) is 0 Å². The molecule has 14 heavy (non-hydrogen) atoms. The monoisotopic (exact) mass is 212 g/mol. The van der Waals surface area contributed by atoms with Gasteiger partial charge in [0, 0.05) is 21.6 Å². The molecule has 0 amide bonds. The summed E-state index contributed by atoms with van der Waals surface area (Å²) in [5.41, 5.74) is 1.86. The van der Waals surface area contributed by atoms with Gasteiger partial charge in [-0.1, -0.05) is 25.4 Å². The molecule has 1 aliphatic heterocycles. The average molecular weight is 213 g/mol. The molecular weight excluding hydrogens is 200 g/mol. The second-order valence-corrected chi connectivity index (χ2v) is 4.71. The highest BCUT2D eigenvalue weighted by Gasteiger charge is 2.33. The first-order chi connectivity index (χ1) is 6.54. The van der Waals surface area contributed by atoms with Crippen molar-refractivity contribution in [3.63, 3.8) is 0 Å². The molecule has 2 nitrogen and oxygen atoms in total. The molecule has 1 heterocycles. The Bertz CT molecular complexity index is 372. The van der Waals surface area contributed by atoms with Crippen LogP contribution in [0.5, 0.6) is 5.75 Å².